The number of piperidine rings is 1. The molecular formula is C14H21N3O5. The van der Waals surface area contributed by atoms with E-state index in [9.17, 15) is 24.6 Å². The number of carbonyl (C=O) groups is 1. The van der Waals surface area contributed by atoms with Gasteiger partial charge in [0.2, 0.25) is 5.91 Å². The van der Waals surface area contributed by atoms with Crippen molar-refractivity contribution in [2.45, 2.75) is 44.8 Å². The van der Waals surface area contributed by atoms with Gasteiger partial charge in [-0.05, 0) is 19.8 Å². The topological polar surface area (TPSA) is 126 Å². The standard InChI is InChI=1S/C14H21N3O5/c1-3-14(22)4-5-17(7-10(14)18)11(19)6-9-8(2)15-13(21)16-12(9)20/h10,18,22H,3-7H2,1-2H3,(H2,15,16,20,21)/t10-,14-/m1/s1. The zero-order valence-corrected chi connectivity index (χ0v) is 12.7. The molecule has 0 aliphatic carbocycles. The summed E-state index contributed by atoms with van der Waals surface area (Å²) in [5, 5.41) is 20.2. The van der Waals surface area contributed by atoms with Crippen LogP contribution in [0.1, 0.15) is 31.0 Å². The number of amides is 1. The van der Waals surface area contributed by atoms with Gasteiger partial charge in [0.05, 0.1) is 12.0 Å². The normalized spacial score (nSPS) is 25.3. The fraction of sp³-hybridized carbons (Fsp3) is 0.643. The number of aliphatic hydroxyl groups excluding tert-OH is 1. The maximum Gasteiger partial charge on any atom is 0.325 e. The fourth-order valence-electron chi connectivity index (χ4n) is 2.71. The van der Waals surface area contributed by atoms with Crippen LogP contribution in [0.25, 0.3) is 0 Å². The number of nitrogens with zero attached hydrogens (tertiary/aromatic N) is 1. The highest BCUT2D eigenvalue weighted by Crippen LogP contribution is 2.26. The van der Waals surface area contributed by atoms with E-state index in [4.69, 9.17) is 0 Å². The Morgan fingerprint density at radius 2 is 2.09 bits per heavy atom. The largest absolute Gasteiger partial charge is 0.388 e. The first-order valence-corrected chi connectivity index (χ1v) is 7.27. The second-order valence-electron chi connectivity index (χ2n) is 5.75. The van der Waals surface area contributed by atoms with Gasteiger partial charge in [-0.1, -0.05) is 6.92 Å². The summed E-state index contributed by atoms with van der Waals surface area (Å²) in [6.45, 7) is 3.69. The number of β-amino-alcohol motifs (C(OH)–C–C–N with tert-alkyl or cyclic N) is 1. The average molecular weight is 311 g/mol. The van der Waals surface area contributed by atoms with E-state index in [1.807, 2.05) is 0 Å². The molecule has 0 saturated carbocycles. The monoisotopic (exact) mass is 311 g/mol. The maximum absolute atomic E-state index is 12.3. The first kappa shape index (κ1) is 16.4. The smallest absolute Gasteiger partial charge is 0.325 e. The second-order valence-corrected chi connectivity index (χ2v) is 5.75. The maximum atomic E-state index is 12.3. The molecule has 0 radical (unpaired) electrons. The molecule has 0 unspecified atom stereocenters. The number of aromatic amines is 2. The van der Waals surface area contributed by atoms with Crippen LogP contribution in [-0.2, 0) is 11.2 Å². The molecule has 8 heteroatoms. The minimum Gasteiger partial charge on any atom is -0.388 e. The van der Waals surface area contributed by atoms with Crippen LogP contribution in [0.15, 0.2) is 9.59 Å². The molecule has 0 aromatic carbocycles. The summed E-state index contributed by atoms with van der Waals surface area (Å²) < 4.78 is 0. The van der Waals surface area contributed by atoms with Crippen molar-refractivity contribution in [3.05, 3.63) is 32.1 Å². The van der Waals surface area contributed by atoms with Crippen molar-refractivity contribution in [3.8, 4) is 0 Å². The number of nitrogens with one attached hydrogen (secondary N) is 2. The van der Waals surface area contributed by atoms with E-state index in [1.54, 1.807) is 13.8 Å². The molecule has 0 spiro atoms. The third-order valence-electron chi connectivity index (χ3n) is 4.38. The zero-order chi connectivity index (χ0) is 16.5. The number of H-pyrrole nitrogens is 2. The lowest BCUT2D eigenvalue weighted by atomic mass is 9.86. The van der Waals surface area contributed by atoms with Gasteiger partial charge in [0.15, 0.2) is 0 Å². The van der Waals surface area contributed by atoms with Crippen LogP contribution < -0.4 is 11.2 Å². The van der Waals surface area contributed by atoms with Crippen molar-refractivity contribution in [1.29, 1.82) is 0 Å². The quantitative estimate of drug-likeness (QED) is 0.549. The predicted octanol–water partition coefficient (Wildman–Crippen LogP) is -1.35. The van der Waals surface area contributed by atoms with E-state index in [-0.39, 0.29) is 30.9 Å². The van der Waals surface area contributed by atoms with Crippen LogP contribution in [0.3, 0.4) is 0 Å². The van der Waals surface area contributed by atoms with Crippen molar-refractivity contribution in [2.75, 3.05) is 13.1 Å². The lowest BCUT2D eigenvalue weighted by Crippen LogP contribution is -2.56. The molecule has 1 fully saturated rings. The molecule has 1 aliphatic heterocycles. The van der Waals surface area contributed by atoms with Crippen LogP contribution in [0.5, 0.6) is 0 Å². The Balaban J connectivity index is 2.12. The Labute approximate surface area is 126 Å². The van der Waals surface area contributed by atoms with E-state index >= 15 is 0 Å². The summed E-state index contributed by atoms with van der Waals surface area (Å²) in [6, 6.07) is 0. The third-order valence-corrected chi connectivity index (χ3v) is 4.38. The number of aryl methyl sites for hydroxylation is 1. The van der Waals surface area contributed by atoms with Crippen molar-refractivity contribution < 1.29 is 15.0 Å². The van der Waals surface area contributed by atoms with E-state index in [0.29, 0.717) is 18.7 Å². The van der Waals surface area contributed by atoms with Gasteiger partial charge in [-0.25, -0.2) is 4.79 Å². The molecule has 122 valence electrons. The lowest BCUT2D eigenvalue weighted by molar-refractivity contribution is -0.149. The lowest BCUT2D eigenvalue weighted by Gasteiger charge is -2.41. The molecule has 1 saturated heterocycles. The average Bonchev–Trinajstić information content (AvgIpc) is 2.45. The van der Waals surface area contributed by atoms with Crippen molar-refractivity contribution in [2.24, 2.45) is 0 Å². The second kappa shape index (κ2) is 6.05. The summed E-state index contributed by atoms with van der Waals surface area (Å²) in [7, 11) is 0. The number of carbonyl (C=O) groups excluding carboxylic acids is 1. The molecule has 2 heterocycles. The number of hydrogen-bond donors (Lipinski definition) is 4. The molecule has 4 N–H and O–H groups in total. The highest BCUT2D eigenvalue weighted by molar-refractivity contribution is 5.79. The van der Waals surface area contributed by atoms with Crippen molar-refractivity contribution >= 4 is 5.91 Å². The molecule has 2 atom stereocenters. The molecule has 0 bridgehead atoms. The van der Waals surface area contributed by atoms with Crippen molar-refractivity contribution in [3.63, 3.8) is 0 Å². The van der Waals surface area contributed by atoms with E-state index < -0.39 is 23.0 Å². The zero-order valence-electron chi connectivity index (χ0n) is 12.7. The Hall–Kier alpha value is -1.93. The number of rotatable bonds is 3. The van der Waals surface area contributed by atoms with Crippen molar-refractivity contribution in [1.82, 2.24) is 14.9 Å². The van der Waals surface area contributed by atoms with Gasteiger partial charge >= 0.3 is 5.69 Å². The van der Waals surface area contributed by atoms with Gasteiger partial charge in [-0.2, -0.15) is 0 Å². The Kier molecular flexibility index (Phi) is 4.52. The molecule has 1 aromatic rings. The van der Waals surface area contributed by atoms with Gasteiger partial charge < -0.3 is 20.1 Å². The molecule has 22 heavy (non-hydrogen) atoms. The van der Waals surface area contributed by atoms with Crippen LogP contribution >= 0.6 is 0 Å². The molecular weight excluding hydrogens is 290 g/mol. The first-order chi connectivity index (χ1) is 10.3. The number of aromatic nitrogens is 2. The van der Waals surface area contributed by atoms with Gasteiger partial charge in [0.1, 0.15) is 6.10 Å². The highest BCUT2D eigenvalue weighted by Gasteiger charge is 2.40. The Morgan fingerprint density at radius 3 is 2.64 bits per heavy atom. The number of likely N-dealkylation sites (tertiary alicyclic amines) is 1. The fourth-order valence-corrected chi connectivity index (χ4v) is 2.71. The summed E-state index contributed by atoms with van der Waals surface area (Å²) in [5.41, 5.74) is -1.81. The number of aliphatic hydroxyl groups is 2. The summed E-state index contributed by atoms with van der Waals surface area (Å²) in [5.74, 6) is -0.321. The Bertz CT molecular complexity index is 680. The SMILES string of the molecule is CC[C@@]1(O)CCN(C(=O)Cc2c(C)[nH]c(=O)[nH]c2=O)C[C@H]1O. The van der Waals surface area contributed by atoms with E-state index in [1.165, 1.54) is 4.90 Å². The van der Waals surface area contributed by atoms with Gasteiger partial charge in [0.25, 0.3) is 5.56 Å². The number of hydrogen-bond acceptors (Lipinski definition) is 5. The van der Waals surface area contributed by atoms with Crippen LogP contribution in [0.4, 0.5) is 0 Å². The Morgan fingerprint density at radius 1 is 1.41 bits per heavy atom. The van der Waals surface area contributed by atoms with Crippen LogP contribution in [0.2, 0.25) is 0 Å². The molecule has 1 aromatic heterocycles. The predicted molar refractivity (Wildman–Crippen MR) is 78.6 cm³/mol. The minimum atomic E-state index is -1.16. The molecule has 2 rings (SSSR count). The minimum absolute atomic E-state index is 0.0312. The van der Waals surface area contributed by atoms with E-state index in [0.717, 1.165) is 0 Å². The van der Waals surface area contributed by atoms with Gasteiger partial charge in [-0.3, -0.25) is 14.6 Å². The van der Waals surface area contributed by atoms with E-state index in [2.05, 4.69) is 9.97 Å². The molecule has 1 amide bonds. The summed E-state index contributed by atoms with van der Waals surface area (Å²) >= 11 is 0. The first-order valence-electron chi connectivity index (χ1n) is 7.27. The van der Waals surface area contributed by atoms with Gasteiger partial charge in [0, 0.05) is 24.3 Å². The molecule has 1 aliphatic rings. The third kappa shape index (κ3) is 3.12. The summed E-state index contributed by atoms with van der Waals surface area (Å²) in [4.78, 5) is 41.1. The highest BCUT2D eigenvalue weighted by atomic mass is 16.3. The molecule has 8 nitrogen and oxygen atoms in total. The van der Waals surface area contributed by atoms with Crippen LogP contribution in [-0.4, -0.2) is 55.8 Å². The van der Waals surface area contributed by atoms with Crippen LogP contribution in [0, 0.1) is 6.92 Å². The summed E-state index contributed by atoms with van der Waals surface area (Å²) in [6.07, 6.45) is -0.466. The van der Waals surface area contributed by atoms with Gasteiger partial charge in [-0.15, -0.1) is 0 Å².